The van der Waals surface area contributed by atoms with Gasteiger partial charge in [-0.15, -0.1) is 0 Å². The third kappa shape index (κ3) is 5.59. The highest BCUT2D eigenvalue weighted by Gasteiger charge is 2.39. The average Bonchev–Trinajstić information content (AvgIpc) is 2.52. The normalized spacial score (nSPS) is 30.6. The number of hydrogen-bond donors (Lipinski definition) is 1. The molecule has 2 heterocycles. The van der Waals surface area contributed by atoms with Crippen molar-refractivity contribution in [3.8, 4) is 0 Å². The monoisotopic (exact) mass is 380 g/mol. The molecular formula is C21H36N2O4. The van der Waals surface area contributed by atoms with Crippen LogP contribution in [0.2, 0.25) is 0 Å². The van der Waals surface area contributed by atoms with E-state index in [1.165, 1.54) is 12.8 Å². The van der Waals surface area contributed by atoms with Gasteiger partial charge in [-0.05, 0) is 83.6 Å². The molecule has 27 heavy (non-hydrogen) atoms. The zero-order chi connectivity index (χ0) is 19.6. The molecule has 1 N–H and O–H groups in total. The fourth-order valence-corrected chi connectivity index (χ4v) is 4.89. The summed E-state index contributed by atoms with van der Waals surface area (Å²) < 4.78 is 5.46. The molecule has 0 bridgehead atoms. The molecule has 0 aromatic rings. The summed E-state index contributed by atoms with van der Waals surface area (Å²) in [5.41, 5.74) is -0.427. The van der Waals surface area contributed by atoms with Gasteiger partial charge in [-0.3, -0.25) is 4.79 Å². The maximum atomic E-state index is 12.1. The number of carbonyl (C=O) groups excluding carboxylic acids is 1. The van der Waals surface area contributed by atoms with Crippen molar-refractivity contribution in [2.24, 2.45) is 23.7 Å². The minimum atomic E-state index is -0.619. The third-order valence-corrected chi connectivity index (χ3v) is 6.48. The largest absolute Gasteiger partial charge is 0.481 e. The number of carboxylic acid groups (broad SMARTS) is 1. The quantitative estimate of drug-likeness (QED) is 0.809. The summed E-state index contributed by atoms with van der Waals surface area (Å²) in [5, 5.41) is 9.15. The first-order valence-corrected chi connectivity index (χ1v) is 10.6. The van der Waals surface area contributed by atoms with Crippen molar-refractivity contribution in [1.29, 1.82) is 0 Å². The molecule has 3 fully saturated rings. The van der Waals surface area contributed by atoms with Crippen LogP contribution in [0.4, 0.5) is 4.79 Å². The van der Waals surface area contributed by atoms with Crippen molar-refractivity contribution >= 4 is 12.1 Å². The Morgan fingerprint density at radius 3 is 2.26 bits per heavy atom. The van der Waals surface area contributed by atoms with E-state index in [9.17, 15) is 9.59 Å². The second kappa shape index (κ2) is 8.38. The van der Waals surface area contributed by atoms with Gasteiger partial charge in [0.2, 0.25) is 0 Å². The third-order valence-electron chi connectivity index (χ3n) is 6.48. The van der Waals surface area contributed by atoms with Gasteiger partial charge in [0.15, 0.2) is 0 Å². The predicted octanol–water partition coefficient (Wildman–Crippen LogP) is 3.46. The molecule has 0 aromatic heterocycles. The van der Waals surface area contributed by atoms with Gasteiger partial charge < -0.3 is 19.6 Å². The predicted molar refractivity (Wildman–Crippen MR) is 104 cm³/mol. The van der Waals surface area contributed by atoms with Gasteiger partial charge in [0.05, 0.1) is 5.92 Å². The molecule has 1 amide bonds. The van der Waals surface area contributed by atoms with E-state index in [0.29, 0.717) is 17.8 Å². The van der Waals surface area contributed by atoms with Crippen LogP contribution in [-0.4, -0.2) is 65.3 Å². The van der Waals surface area contributed by atoms with E-state index in [2.05, 4.69) is 4.90 Å². The Morgan fingerprint density at radius 2 is 1.67 bits per heavy atom. The molecule has 2 saturated heterocycles. The highest BCUT2D eigenvalue weighted by atomic mass is 16.6. The average molecular weight is 381 g/mol. The number of carboxylic acids is 1. The molecule has 6 nitrogen and oxygen atoms in total. The molecule has 0 aromatic carbocycles. The van der Waals surface area contributed by atoms with Gasteiger partial charge in [-0.2, -0.15) is 0 Å². The van der Waals surface area contributed by atoms with Crippen molar-refractivity contribution in [3.05, 3.63) is 0 Å². The van der Waals surface area contributed by atoms with Gasteiger partial charge in [0.1, 0.15) is 5.60 Å². The number of carbonyl (C=O) groups is 2. The Hall–Kier alpha value is -1.30. The van der Waals surface area contributed by atoms with E-state index in [1.807, 2.05) is 25.7 Å². The number of aliphatic carboxylic acids is 1. The Morgan fingerprint density at radius 1 is 1.00 bits per heavy atom. The van der Waals surface area contributed by atoms with Crippen LogP contribution in [0.5, 0.6) is 0 Å². The summed E-state index contributed by atoms with van der Waals surface area (Å²) in [5.74, 6) is 1.19. The molecule has 3 aliphatic rings. The lowest BCUT2D eigenvalue weighted by atomic mass is 9.79. The van der Waals surface area contributed by atoms with Crippen LogP contribution in [0, 0.1) is 23.7 Å². The van der Waals surface area contributed by atoms with Gasteiger partial charge in [-0.25, -0.2) is 4.79 Å². The zero-order valence-electron chi connectivity index (χ0n) is 17.2. The zero-order valence-corrected chi connectivity index (χ0v) is 17.2. The SMILES string of the molecule is CC(C)(C)OC(=O)N1CC([C@H]2CCCN(C[C@H]3CC[C@H](C(=O)O)CC3)C2)C1. The lowest BCUT2D eigenvalue weighted by molar-refractivity contribution is -0.143. The van der Waals surface area contributed by atoms with E-state index in [1.54, 1.807) is 0 Å². The van der Waals surface area contributed by atoms with E-state index < -0.39 is 11.6 Å². The summed E-state index contributed by atoms with van der Waals surface area (Å²) in [6.07, 6.45) is 6.09. The Labute approximate surface area is 163 Å². The van der Waals surface area contributed by atoms with Crippen molar-refractivity contribution < 1.29 is 19.4 Å². The van der Waals surface area contributed by atoms with Gasteiger partial charge >= 0.3 is 12.1 Å². The smallest absolute Gasteiger partial charge is 0.410 e. The molecule has 2 aliphatic heterocycles. The van der Waals surface area contributed by atoms with Gasteiger partial charge in [-0.1, -0.05) is 0 Å². The van der Waals surface area contributed by atoms with Crippen LogP contribution in [-0.2, 0) is 9.53 Å². The van der Waals surface area contributed by atoms with Crippen LogP contribution in [0.25, 0.3) is 0 Å². The molecule has 0 radical (unpaired) electrons. The molecule has 3 rings (SSSR count). The highest BCUT2D eigenvalue weighted by molar-refractivity contribution is 5.70. The Kier molecular flexibility index (Phi) is 6.34. The Balaban J connectivity index is 1.39. The first kappa shape index (κ1) is 20.4. The summed E-state index contributed by atoms with van der Waals surface area (Å²) in [6, 6.07) is 0. The first-order valence-electron chi connectivity index (χ1n) is 10.6. The molecule has 1 atom stereocenters. The number of amides is 1. The van der Waals surface area contributed by atoms with E-state index in [-0.39, 0.29) is 12.0 Å². The van der Waals surface area contributed by atoms with Gasteiger partial charge in [0.25, 0.3) is 0 Å². The van der Waals surface area contributed by atoms with Crippen LogP contribution in [0.15, 0.2) is 0 Å². The molecule has 0 unspecified atom stereocenters. The molecule has 6 heteroatoms. The topological polar surface area (TPSA) is 70.1 Å². The molecule has 0 spiro atoms. The minimum absolute atomic E-state index is 0.121. The number of ether oxygens (including phenoxy) is 1. The van der Waals surface area contributed by atoms with Crippen molar-refractivity contribution in [2.75, 3.05) is 32.7 Å². The fraction of sp³-hybridized carbons (Fsp3) is 0.905. The molecular weight excluding hydrogens is 344 g/mol. The summed E-state index contributed by atoms with van der Waals surface area (Å²) in [4.78, 5) is 27.7. The van der Waals surface area contributed by atoms with E-state index >= 15 is 0 Å². The Bertz CT molecular complexity index is 531. The lowest BCUT2D eigenvalue weighted by Gasteiger charge is -2.47. The molecule has 1 saturated carbocycles. The van der Waals surface area contributed by atoms with E-state index in [4.69, 9.17) is 9.84 Å². The minimum Gasteiger partial charge on any atom is -0.481 e. The number of rotatable bonds is 4. The van der Waals surface area contributed by atoms with Crippen LogP contribution < -0.4 is 0 Å². The van der Waals surface area contributed by atoms with Crippen molar-refractivity contribution in [3.63, 3.8) is 0 Å². The standard InChI is InChI=1S/C21H36N2O4/c1-21(2,3)27-20(26)23-13-18(14-23)17-5-4-10-22(12-17)11-15-6-8-16(9-7-15)19(24)25/h15-18H,4-14H2,1-3H3,(H,24,25)/t15-,16-,17-/m0/s1. The summed E-state index contributed by atoms with van der Waals surface area (Å²) in [6.45, 7) is 10.8. The summed E-state index contributed by atoms with van der Waals surface area (Å²) >= 11 is 0. The maximum Gasteiger partial charge on any atom is 0.410 e. The van der Waals surface area contributed by atoms with Crippen molar-refractivity contribution in [1.82, 2.24) is 9.80 Å². The molecule has 154 valence electrons. The number of piperidine rings is 1. The highest BCUT2D eigenvalue weighted by Crippen LogP contribution is 2.34. The maximum absolute atomic E-state index is 12.1. The van der Waals surface area contributed by atoms with Crippen molar-refractivity contribution in [2.45, 2.75) is 64.9 Å². The van der Waals surface area contributed by atoms with Gasteiger partial charge in [0, 0.05) is 26.2 Å². The summed E-state index contributed by atoms with van der Waals surface area (Å²) in [7, 11) is 0. The van der Waals surface area contributed by atoms with Crippen LogP contribution in [0.1, 0.15) is 59.3 Å². The second-order valence-electron chi connectivity index (χ2n) is 9.86. The van der Waals surface area contributed by atoms with E-state index in [0.717, 1.165) is 58.4 Å². The number of hydrogen-bond acceptors (Lipinski definition) is 4. The molecule has 1 aliphatic carbocycles. The lowest BCUT2D eigenvalue weighted by Crippen LogP contribution is -2.56. The number of nitrogens with zero attached hydrogens (tertiary/aromatic N) is 2. The van der Waals surface area contributed by atoms with Crippen LogP contribution in [0.3, 0.4) is 0 Å². The fourth-order valence-electron chi connectivity index (χ4n) is 4.89. The van der Waals surface area contributed by atoms with Crippen LogP contribution >= 0.6 is 0 Å². The second-order valence-corrected chi connectivity index (χ2v) is 9.86. The first-order chi connectivity index (χ1) is 12.7. The number of likely N-dealkylation sites (tertiary alicyclic amines) is 2.